The summed E-state index contributed by atoms with van der Waals surface area (Å²) in [6, 6.07) is 6.65. The topological polar surface area (TPSA) is 34.9 Å². The molecule has 0 saturated heterocycles. The molecule has 0 aliphatic carbocycles. The first-order chi connectivity index (χ1) is 10.1. The molecule has 3 nitrogen and oxygen atoms in total. The van der Waals surface area contributed by atoms with Crippen LogP contribution < -0.4 is 5.56 Å². The van der Waals surface area contributed by atoms with Gasteiger partial charge in [0.2, 0.25) is 0 Å². The van der Waals surface area contributed by atoms with Crippen molar-refractivity contribution in [2.24, 2.45) is 7.05 Å². The zero-order valence-corrected chi connectivity index (χ0v) is 14.2. The van der Waals surface area contributed by atoms with Gasteiger partial charge in [0, 0.05) is 17.3 Å². The fourth-order valence-electron chi connectivity index (χ4n) is 1.89. The van der Waals surface area contributed by atoms with Crippen LogP contribution >= 0.6 is 39.0 Å². The van der Waals surface area contributed by atoms with Gasteiger partial charge in [0.05, 0.1) is 5.52 Å². The lowest BCUT2D eigenvalue weighted by Crippen LogP contribution is -2.18. The Labute approximate surface area is 137 Å². The molecule has 2 heterocycles. The molecule has 0 aliphatic heterocycles. The van der Waals surface area contributed by atoms with Gasteiger partial charge < -0.3 is 0 Å². The number of fused-ring (bicyclic) bond motifs is 1. The summed E-state index contributed by atoms with van der Waals surface area (Å²) in [7, 11) is 1.69. The van der Waals surface area contributed by atoms with E-state index in [0.29, 0.717) is 26.7 Å². The monoisotopic (exact) mass is 384 g/mol. The normalized spacial score (nSPS) is 11.2. The van der Waals surface area contributed by atoms with Crippen LogP contribution in [0.5, 0.6) is 0 Å². The third-order valence-electron chi connectivity index (χ3n) is 3.01. The van der Waals surface area contributed by atoms with E-state index < -0.39 is 0 Å². The molecule has 0 N–H and O–H groups in total. The average Bonchev–Trinajstić information content (AvgIpc) is 2.93. The van der Waals surface area contributed by atoms with E-state index in [-0.39, 0.29) is 11.4 Å². The highest BCUT2D eigenvalue weighted by atomic mass is 79.9. The summed E-state index contributed by atoms with van der Waals surface area (Å²) in [6.45, 7) is 0. The first-order valence-corrected chi connectivity index (χ1v) is 8.73. The highest BCUT2D eigenvalue weighted by Gasteiger charge is 2.11. The van der Waals surface area contributed by atoms with Crippen molar-refractivity contribution in [1.82, 2.24) is 9.55 Å². The number of benzene rings is 1. The van der Waals surface area contributed by atoms with Crippen molar-refractivity contribution in [1.29, 1.82) is 0 Å². The molecule has 2 aromatic heterocycles. The van der Waals surface area contributed by atoms with Crippen LogP contribution in [0.4, 0.5) is 4.39 Å². The van der Waals surface area contributed by atoms with E-state index in [9.17, 15) is 9.18 Å². The minimum Gasteiger partial charge on any atom is -0.290 e. The molecule has 3 aromatic rings. The molecule has 0 aliphatic rings. The van der Waals surface area contributed by atoms with Crippen molar-refractivity contribution in [2.45, 2.75) is 10.9 Å². The van der Waals surface area contributed by atoms with E-state index in [4.69, 9.17) is 0 Å². The number of thiophene rings is 1. The Balaban J connectivity index is 1.93. The van der Waals surface area contributed by atoms with E-state index >= 15 is 0 Å². The largest absolute Gasteiger partial charge is 0.290 e. The maximum absolute atomic E-state index is 13.7. The molecule has 0 saturated carbocycles. The lowest BCUT2D eigenvalue weighted by molar-refractivity contribution is 0.616. The second-order valence-electron chi connectivity index (χ2n) is 4.42. The fraction of sp³-hybridized carbons (Fsp3) is 0.143. The van der Waals surface area contributed by atoms with Gasteiger partial charge in [0.25, 0.3) is 5.56 Å². The van der Waals surface area contributed by atoms with Gasteiger partial charge in [0.15, 0.2) is 5.16 Å². The second-order valence-corrected chi connectivity index (χ2v) is 7.19. The van der Waals surface area contributed by atoms with E-state index in [2.05, 4.69) is 20.9 Å². The van der Waals surface area contributed by atoms with Gasteiger partial charge >= 0.3 is 0 Å². The van der Waals surface area contributed by atoms with Gasteiger partial charge in [-0.05, 0) is 35.2 Å². The SMILES string of the molecule is Cn1c(SCc2cc(Br)ccc2F)nc2ccsc2c1=O. The van der Waals surface area contributed by atoms with Crippen LogP contribution in [0.2, 0.25) is 0 Å². The minimum absolute atomic E-state index is 0.0628. The Bertz CT molecular complexity index is 875. The molecule has 0 fully saturated rings. The van der Waals surface area contributed by atoms with Crippen molar-refractivity contribution in [3.8, 4) is 0 Å². The summed E-state index contributed by atoms with van der Waals surface area (Å²) < 4.78 is 16.7. The van der Waals surface area contributed by atoms with Gasteiger partial charge in [0.1, 0.15) is 10.5 Å². The molecule has 0 amide bonds. The molecular weight excluding hydrogens is 375 g/mol. The molecule has 0 unspecified atom stereocenters. The highest BCUT2D eigenvalue weighted by molar-refractivity contribution is 9.10. The summed E-state index contributed by atoms with van der Waals surface area (Å²) >= 11 is 6.07. The Hall–Kier alpha value is -1.18. The van der Waals surface area contributed by atoms with Crippen LogP contribution in [-0.2, 0) is 12.8 Å². The smallest absolute Gasteiger partial charge is 0.271 e. The van der Waals surface area contributed by atoms with E-state index in [1.54, 1.807) is 19.2 Å². The molecule has 0 spiro atoms. The van der Waals surface area contributed by atoms with Gasteiger partial charge in [-0.3, -0.25) is 9.36 Å². The number of halogens is 2. The summed E-state index contributed by atoms with van der Waals surface area (Å²) in [6.07, 6.45) is 0. The van der Waals surface area contributed by atoms with Crippen LogP contribution in [0.25, 0.3) is 10.2 Å². The molecule has 3 rings (SSSR count). The molecule has 0 atom stereocenters. The van der Waals surface area contributed by atoms with E-state index in [1.165, 1.54) is 33.7 Å². The van der Waals surface area contributed by atoms with Crippen LogP contribution in [0.15, 0.2) is 44.1 Å². The van der Waals surface area contributed by atoms with Crippen LogP contribution in [-0.4, -0.2) is 9.55 Å². The maximum atomic E-state index is 13.7. The zero-order valence-electron chi connectivity index (χ0n) is 11.0. The number of hydrogen-bond acceptors (Lipinski definition) is 4. The van der Waals surface area contributed by atoms with E-state index in [1.807, 2.05) is 11.4 Å². The highest BCUT2D eigenvalue weighted by Crippen LogP contribution is 2.25. The van der Waals surface area contributed by atoms with Gasteiger partial charge in [-0.25, -0.2) is 9.37 Å². The standard InChI is InChI=1S/C14H10BrFN2OS2/c1-18-13(19)12-11(4-5-20-12)17-14(18)21-7-8-6-9(15)2-3-10(8)16/h2-6H,7H2,1H3. The minimum atomic E-state index is -0.257. The summed E-state index contributed by atoms with van der Waals surface area (Å²) in [5.41, 5.74) is 1.21. The lowest BCUT2D eigenvalue weighted by atomic mass is 10.2. The average molecular weight is 385 g/mol. The number of aromatic nitrogens is 2. The molecule has 1 aromatic carbocycles. The molecule has 0 radical (unpaired) electrons. The third-order valence-corrected chi connectivity index (χ3v) is 5.47. The summed E-state index contributed by atoms with van der Waals surface area (Å²) in [5, 5.41) is 2.44. The Kier molecular flexibility index (Phi) is 4.14. The van der Waals surface area contributed by atoms with Gasteiger partial charge in [-0.1, -0.05) is 27.7 Å². The Morgan fingerprint density at radius 2 is 2.24 bits per heavy atom. The molecule has 0 bridgehead atoms. The van der Waals surface area contributed by atoms with Gasteiger partial charge in [-0.15, -0.1) is 11.3 Å². The number of thioether (sulfide) groups is 1. The Morgan fingerprint density at radius 3 is 3.05 bits per heavy atom. The van der Waals surface area contributed by atoms with Crippen molar-refractivity contribution in [3.63, 3.8) is 0 Å². The second kappa shape index (κ2) is 5.90. The number of rotatable bonds is 3. The van der Waals surface area contributed by atoms with Gasteiger partial charge in [-0.2, -0.15) is 0 Å². The molecule has 108 valence electrons. The first kappa shape index (κ1) is 14.7. The Morgan fingerprint density at radius 1 is 1.43 bits per heavy atom. The van der Waals surface area contributed by atoms with Crippen molar-refractivity contribution in [2.75, 3.05) is 0 Å². The summed E-state index contributed by atoms with van der Waals surface area (Å²) in [4.78, 5) is 16.6. The van der Waals surface area contributed by atoms with Crippen molar-refractivity contribution in [3.05, 3.63) is 55.9 Å². The zero-order chi connectivity index (χ0) is 15.0. The fourth-order valence-corrected chi connectivity index (χ4v) is 4.05. The third kappa shape index (κ3) is 2.90. The van der Waals surface area contributed by atoms with Crippen molar-refractivity contribution >= 4 is 49.2 Å². The van der Waals surface area contributed by atoms with Crippen LogP contribution in [0, 0.1) is 5.82 Å². The quantitative estimate of drug-likeness (QED) is 0.501. The molecule has 21 heavy (non-hydrogen) atoms. The predicted octanol–water partition coefficient (Wildman–Crippen LogP) is 4.19. The predicted molar refractivity (Wildman–Crippen MR) is 88.5 cm³/mol. The summed E-state index contributed by atoms with van der Waals surface area (Å²) in [5.74, 6) is 0.161. The molecule has 7 heteroatoms. The first-order valence-electron chi connectivity index (χ1n) is 6.07. The number of nitrogens with zero attached hydrogens (tertiary/aromatic N) is 2. The lowest BCUT2D eigenvalue weighted by Gasteiger charge is -2.08. The van der Waals surface area contributed by atoms with Crippen LogP contribution in [0.1, 0.15) is 5.56 Å². The molecular formula is C14H10BrFN2OS2. The van der Waals surface area contributed by atoms with Crippen LogP contribution in [0.3, 0.4) is 0 Å². The maximum Gasteiger partial charge on any atom is 0.271 e. The number of hydrogen-bond donors (Lipinski definition) is 0. The van der Waals surface area contributed by atoms with Crippen molar-refractivity contribution < 1.29 is 4.39 Å². The van der Waals surface area contributed by atoms with E-state index in [0.717, 1.165) is 4.47 Å².